The number of rotatable bonds is 3. The molecule has 0 aromatic heterocycles. The van der Waals surface area contributed by atoms with Crippen LogP contribution in [0.3, 0.4) is 0 Å². The van der Waals surface area contributed by atoms with Gasteiger partial charge in [0.1, 0.15) is 0 Å². The van der Waals surface area contributed by atoms with E-state index in [9.17, 15) is 4.79 Å². The number of nitrogens with two attached hydrogens (primary N) is 1. The zero-order chi connectivity index (χ0) is 10.7. The van der Waals surface area contributed by atoms with Crippen LogP contribution in [-0.4, -0.2) is 24.2 Å². The molecule has 2 aliphatic carbocycles. The van der Waals surface area contributed by atoms with Crippen LogP contribution in [0.5, 0.6) is 0 Å². The Hall–Kier alpha value is -0.770. The topological polar surface area (TPSA) is 67.1 Å². The fraction of sp³-hybridized carbons (Fsp3) is 0.909. The molecule has 0 unspecified atom stereocenters. The van der Waals surface area contributed by atoms with E-state index in [1.807, 2.05) is 0 Å². The molecular formula is C11H21N3O. The van der Waals surface area contributed by atoms with Gasteiger partial charge in [-0.3, -0.25) is 0 Å². The van der Waals surface area contributed by atoms with Crippen LogP contribution in [0.25, 0.3) is 0 Å². The summed E-state index contributed by atoms with van der Waals surface area (Å²) >= 11 is 0. The molecule has 2 fully saturated rings. The van der Waals surface area contributed by atoms with Crippen LogP contribution in [0, 0.1) is 0 Å². The number of carbonyl (C=O) groups is 1. The van der Waals surface area contributed by atoms with Crippen LogP contribution in [0.1, 0.15) is 44.9 Å². The smallest absolute Gasteiger partial charge is 0.315 e. The Morgan fingerprint density at radius 2 is 1.93 bits per heavy atom. The molecule has 2 saturated carbocycles. The number of nitrogens with one attached hydrogen (secondary N) is 2. The second-order valence-electron chi connectivity index (χ2n) is 5.02. The first-order chi connectivity index (χ1) is 7.18. The molecule has 0 bridgehead atoms. The Balaban J connectivity index is 1.63. The van der Waals surface area contributed by atoms with Crippen LogP contribution in [0.2, 0.25) is 0 Å². The molecule has 15 heavy (non-hydrogen) atoms. The lowest BCUT2D eigenvalue weighted by Gasteiger charge is -2.38. The largest absolute Gasteiger partial charge is 0.336 e. The second-order valence-corrected chi connectivity index (χ2v) is 5.02. The molecule has 0 aliphatic heterocycles. The monoisotopic (exact) mass is 211 g/mol. The summed E-state index contributed by atoms with van der Waals surface area (Å²) in [5.41, 5.74) is 5.90. The van der Waals surface area contributed by atoms with Crippen molar-refractivity contribution < 1.29 is 4.79 Å². The maximum atomic E-state index is 11.5. The molecule has 4 heteroatoms. The SMILES string of the molecule is NC1(CNC(=O)NC2CCCC2)CCC1. The van der Waals surface area contributed by atoms with Gasteiger partial charge < -0.3 is 16.4 Å². The summed E-state index contributed by atoms with van der Waals surface area (Å²) in [7, 11) is 0. The van der Waals surface area contributed by atoms with Crippen molar-refractivity contribution in [3.63, 3.8) is 0 Å². The van der Waals surface area contributed by atoms with Crippen LogP contribution in [0.15, 0.2) is 0 Å². The number of urea groups is 1. The van der Waals surface area contributed by atoms with E-state index in [-0.39, 0.29) is 11.6 Å². The highest BCUT2D eigenvalue weighted by Crippen LogP contribution is 2.28. The molecule has 0 heterocycles. The van der Waals surface area contributed by atoms with Gasteiger partial charge in [0.25, 0.3) is 0 Å². The first kappa shape index (κ1) is 10.7. The molecule has 0 aromatic carbocycles. The van der Waals surface area contributed by atoms with Gasteiger partial charge in [-0.2, -0.15) is 0 Å². The molecule has 4 N–H and O–H groups in total. The van der Waals surface area contributed by atoms with Gasteiger partial charge in [-0.15, -0.1) is 0 Å². The molecule has 0 aromatic rings. The highest BCUT2D eigenvalue weighted by molar-refractivity contribution is 5.74. The number of amides is 2. The van der Waals surface area contributed by atoms with E-state index in [0.717, 1.165) is 25.7 Å². The van der Waals surface area contributed by atoms with E-state index in [0.29, 0.717) is 12.6 Å². The third kappa shape index (κ3) is 2.84. The minimum atomic E-state index is -0.118. The van der Waals surface area contributed by atoms with Gasteiger partial charge in [-0.1, -0.05) is 12.8 Å². The number of hydrogen-bond acceptors (Lipinski definition) is 2. The molecule has 0 saturated heterocycles. The van der Waals surface area contributed by atoms with Crippen molar-refractivity contribution in [2.75, 3.05) is 6.54 Å². The lowest BCUT2D eigenvalue weighted by molar-refractivity contribution is 0.215. The average molecular weight is 211 g/mol. The van der Waals surface area contributed by atoms with Crippen molar-refractivity contribution in [3.05, 3.63) is 0 Å². The third-order valence-corrected chi connectivity index (χ3v) is 3.64. The van der Waals surface area contributed by atoms with Crippen LogP contribution < -0.4 is 16.4 Å². The van der Waals surface area contributed by atoms with Crippen molar-refractivity contribution in [3.8, 4) is 0 Å². The Morgan fingerprint density at radius 3 is 2.47 bits per heavy atom. The van der Waals surface area contributed by atoms with Crippen molar-refractivity contribution in [1.29, 1.82) is 0 Å². The van der Waals surface area contributed by atoms with E-state index in [4.69, 9.17) is 5.73 Å². The highest BCUT2D eigenvalue weighted by Gasteiger charge is 2.32. The van der Waals surface area contributed by atoms with Gasteiger partial charge in [-0.25, -0.2) is 4.79 Å². The molecule has 2 aliphatic rings. The Kier molecular flexibility index (Phi) is 3.14. The first-order valence-electron chi connectivity index (χ1n) is 6.01. The van der Waals surface area contributed by atoms with Crippen molar-refractivity contribution in [2.45, 2.75) is 56.5 Å². The molecule has 0 atom stereocenters. The summed E-state index contributed by atoms with van der Waals surface area (Å²) in [6.45, 7) is 0.617. The first-order valence-corrected chi connectivity index (χ1v) is 6.01. The number of carbonyl (C=O) groups excluding carboxylic acids is 1. The van der Waals surface area contributed by atoms with Crippen molar-refractivity contribution in [1.82, 2.24) is 10.6 Å². The fourth-order valence-corrected chi connectivity index (χ4v) is 2.37. The van der Waals surface area contributed by atoms with Crippen molar-refractivity contribution >= 4 is 6.03 Å². The Bertz CT molecular complexity index is 232. The van der Waals surface area contributed by atoms with Gasteiger partial charge in [0.15, 0.2) is 0 Å². The normalized spacial score (nSPS) is 24.6. The average Bonchev–Trinajstić information content (AvgIpc) is 2.64. The molecule has 4 nitrogen and oxygen atoms in total. The highest BCUT2D eigenvalue weighted by atomic mass is 16.2. The third-order valence-electron chi connectivity index (χ3n) is 3.64. The molecule has 0 spiro atoms. The predicted molar refractivity (Wildman–Crippen MR) is 59.6 cm³/mol. The van der Waals surface area contributed by atoms with Gasteiger partial charge in [-0.05, 0) is 32.1 Å². The molecular weight excluding hydrogens is 190 g/mol. The standard InChI is InChI=1S/C11H21N3O/c12-11(6-3-7-11)8-13-10(15)14-9-4-1-2-5-9/h9H,1-8,12H2,(H2,13,14,15). The maximum absolute atomic E-state index is 11.5. The number of hydrogen-bond donors (Lipinski definition) is 3. The summed E-state index contributed by atoms with van der Waals surface area (Å²) in [5, 5.41) is 5.87. The minimum absolute atomic E-state index is 0.0429. The van der Waals surface area contributed by atoms with Crippen molar-refractivity contribution in [2.24, 2.45) is 5.73 Å². The molecule has 86 valence electrons. The summed E-state index contributed by atoms with van der Waals surface area (Å²) in [5.74, 6) is 0. The lowest BCUT2D eigenvalue weighted by atomic mass is 9.78. The van der Waals surface area contributed by atoms with E-state index in [2.05, 4.69) is 10.6 Å². The summed E-state index contributed by atoms with van der Waals surface area (Å²) in [6.07, 6.45) is 8.01. The van der Waals surface area contributed by atoms with Crippen LogP contribution in [0.4, 0.5) is 4.79 Å². The minimum Gasteiger partial charge on any atom is -0.336 e. The van der Waals surface area contributed by atoms with Gasteiger partial charge in [0.05, 0.1) is 0 Å². The van der Waals surface area contributed by atoms with Gasteiger partial charge >= 0.3 is 6.03 Å². The Labute approximate surface area is 91.0 Å². The van der Waals surface area contributed by atoms with Gasteiger partial charge in [0.2, 0.25) is 0 Å². The zero-order valence-electron chi connectivity index (χ0n) is 9.22. The second kappa shape index (κ2) is 4.39. The maximum Gasteiger partial charge on any atom is 0.315 e. The van der Waals surface area contributed by atoms with E-state index in [1.54, 1.807) is 0 Å². The van der Waals surface area contributed by atoms with Crippen LogP contribution in [-0.2, 0) is 0 Å². The van der Waals surface area contributed by atoms with Crippen LogP contribution >= 0.6 is 0 Å². The molecule has 0 radical (unpaired) electrons. The zero-order valence-corrected chi connectivity index (χ0v) is 9.22. The van der Waals surface area contributed by atoms with E-state index < -0.39 is 0 Å². The fourth-order valence-electron chi connectivity index (χ4n) is 2.37. The lowest BCUT2D eigenvalue weighted by Crippen LogP contribution is -2.56. The summed E-state index contributed by atoms with van der Waals surface area (Å²) in [6, 6.07) is 0.346. The molecule has 2 amide bonds. The Morgan fingerprint density at radius 1 is 1.27 bits per heavy atom. The molecule has 2 rings (SSSR count). The predicted octanol–water partition coefficient (Wildman–Crippen LogP) is 1.11. The quantitative estimate of drug-likeness (QED) is 0.654. The van der Waals surface area contributed by atoms with Gasteiger partial charge in [0, 0.05) is 18.1 Å². The van der Waals surface area contributed by atoms with E-state index in [1.165, 1.54) is 19.3 Å². The van der Waals surface area contributed by atoms with E-state index >= 15 is 0 Å². The summed E-state index contributed by atoms with van der Waals surface area (Å²) < 4.78 is 0. The summed E-state index contributed by atoms with van der Waals surface area (Å²) in [4.78, 5) is 11.5.